The molecule has 1 aliphatic rings. The summed E-state index contributed by atoms with van der Waals surface area (Å²) in [5.41, 5.74) is 7.47. The normalized spacial score (nSPS) is 18.0. The molecule has 0 unspecified atom stereocenters. The van der Waals surface area contributed by atoms with Gasteiger partial charge in [0.15, 0.2) is 0 Å². The molecule has 0 atom stereocenters. The maximum absolute atomic E-state index is 5.35. The molecule has 3 nitrogen and oxygen atoms in total. The van der Waals surface area contributed by atoms with Gasteiger partial charge in [0.2, 0.25) is 0 Å². The summed E-state index contributed by atoms with van der Waals surface area (Å²) in [6, 6.07) is 0. The standard InChI is InChI=1S/C6H11N3/c1-5-3-9-6(2-7)4-8-5/h3,8H,2,4,7H2,1H3. The van der Waals surface area contributed by atoms with Gasteiger partial charge in [-0.3, -0.25) is 4.99 Å². The van der Waals surface area contributed by atoms with Gasteiger partial charge >= 0.3 is 0 Å². The monoisotopic (exact) mass is 125 g/mol. The van der Waals surface area contributed by atoms with E-state index in [1.54, 1.807) is 6.20 Å². The molecular weight excluding hydrogens is 114 g/mol. The Labute approximate surface area is 54.7 Å². The van der Waals surface area contributed by atoms with Crippen LogP contribution in [0, 0.1) is 0 Å². The van der Waals surface area contributed by atoms with Crippen LogP contribution in [0.15, 0.2) is 16.9 Å². The van der Waals surface area contributed by atoms with Crippen molar-refractivity contribution in [2.45, 2.75) is 6.92 Å². The van der Waals surface area contributed by atoms with E-state index in [-0.39, 0.29) is 0 Å². The predicted octanol–water partition coefficient (Wildman–Crippen LogP) is -0.149. The van der Waals surface area contributed by atoms with E-state index in [0.29, 0.717) is 6.54 Å². The molecule has 0 aromatic rings. The van der Waals surface area contributed by atoms with Crippen LogP contribution >= 0.6 is 0 Å². The molecule has 0 bridgehead atoms. The van der Waals surface area contributed by atoms with Crippen LogP contribution < -0.4 is 11.1 Å². The Kier molecular flexibility index (Phi) is 1.85. The second kappa shape index (κ2) is 2.64. The summed E-state index contributed by atoms with van der Waals surface area (Å²) < 4.78 is 0. The molecule has 0 amide bonds. The van der Waals surface area contributed by atoms with Gasteiger partial charge in [-0.15, -0.1) is 0 Å². The van der Waals surface area contributed by atoms with Gasteiger partial charge in [0, 0.05) is 18.4 Å². The molecule has 0 spiro atoms. The van der Waals surface area contributed by atoms with Crippen LogP contribution in [-0.2, 0) is 0 Å². The van der Waals surface area contributed by atoms with Crippen molar-refractivity contribution in [2.24, 2.45) is 10.7 Å². The van der Waals surface area contributed by atoms with E-state index in [1.165, 1.54) is 0 Å². The topological polar surface area (TPSA) is 50.4 Å². The number of hydrogen-bond donors (Lipinski definition) is 2. The minimum atomic E-state index is 0.552. The number of rotatable bonds is 1. The number of aliphatic imine (C=N–C) groups is 1. The van der Waals surface area contributed by atoms with Crippen LogP contribution in [0.3, 0.4) is 0 Å². The molecule has 0 aliphatic carbocycles. The average molecular weight is 125 g/mol. The van der Waals surface area contributed by atoms with Gasteiger partial charge < -0.3 is 11.1 Å². The van der Waals surface area contributed by atoms with Crippen LogP contribution in [0.5, 0.6) is 0 Å². The number of nitrogens with one attached hydrogen (secondary N) is 1. The van der Waals surface area contributed by atoms with Crippen molar-refractivity contribution in [3.8, 4) is 0 Å². The summed E-state index contributed by atoms with van der Waals surface area (Å²) in [4.78, 5) is 4.10. The highest BCUT2D eigenvalue weighted by atomic mass is 15.0. The maximum Gasteiger partial charge on any atom is 0.0544 e. The predicted molar refractivity (Wildman–Crippen MR) is 38.2 cm³/mol. The quantitative estimate of drug-likeness (QED) is 0.512. The van der Waals surface area contributed by atoms with E-state index < -0.39 is 0 Å². The zero-order chi connectivity index (χ0) is 6.69. The molecular formula is C6H11N3. The van der Waals surface area contributed by atoms with Crippen LogP contribution in [0.25, 0.3) is 0 Å². The molecule has 0 fully saturated rings. The lowest BCUT2D eigenvalue weighted by molar-refractivity contribution is 0.890. The Morgan fingerprint density at radius 1 is 1.89 bits per heavy atom. The van der Waals surface area contributed by atoms with Gasteiger partial charge in [0.05, 0.1) is 12.3 Å². The van der Waals surface area contributed by atoms with Crippen molar-refractivity contribution in [2.75, 3.05) is 13.1 Å². The third kappa shape index (κ3) is 1.54. The van der Waals surface area contributed by atoms with E-state index in [1.807, 2.05) is 6.92 Å². The summed E-state index contributed by atoms with van der Waals surface area (Å²) in [6.07, 6.45) is 1.80. The van der Waals surface area contributed by atoms with Crippen molar-refractivity contribution < 1.29 is 0 Å². The zero-order valence-electron chi connectivity index (χ0n) is 5.52. The molecule has 1 rings (SSSR count). The SMILES string of the molecule is CC1=CN=C(CN)CN1. The lowest BCUT2D eigenvalue weighted by Crippen LogP contribution is -2.29. The lowest BCUT2D eigenvalue weighted by atomic mass is 10.3. The first-order valence-corrected chi connectivity index (χ1v) is 2.99. The van der Waals surface area contributed by atoms with E-state index >= 15 is 0 Å². The highest BCUT2D eigenvalue weighted by Gasteiger charge is 1.99. The van der Waals surface area contributed by atoms with Crippen molar-refractivity contribution in [3.63, 3.8) is 0 Å². The van der Waals surface area contributed by atoms with Crippen molar-refractivity contribution >= 4 is 5.71 Å². The molecule has 0 aromatic heterocycles. The third-order valence-corrected chi connectivity index (χ3v) is 1.25. The molecule has 1 aliphatic heterocycles. The van der Waals surface area contributed by atoms with Crippen LogP contribution in [0.4, 0.5) is 0 Å². The summed E-state index contributed by atoms with van der Waals surface area (Å²) in [6.45, 7) is 3.34. The number of nitrogens with two attached hydrogens (primary N) is 1. The second-order valence-electron chi connectivity index (χ2n) is 2.07. The number of nitrogens with zero attached hydrogens (tertiary/aromatic N) is 1. The molecule has 0 saturated heterocycles. The smallest absolute Gasteiger partial charge is 0.0544 e. The van der Waals surface area contributed by atoms with Gasteiger partial charge in [-0.2, -0.15) is 0 Å². The fourth-order valence-electron chi connectivity index (χ4n) is 0.646. The highest BCUT2D eigenvalue weighted by Crippen LogP contribution is 1.93. The van der Waals surface area contributed by atoms with Gasteiger partial charge in [-0.05, 0) is 6.92 Å². The van der Waals surface area contributed by atoms with Gasteiger partial charge in [0.25, 0.3) is 0 Å². The second-order valence-corrected chi connectivity index (χ2v) is 2.07. The molecule has 0 saturated carbocycles. The largest absolute Gasteiger partial charge is 0.382 e. The highest BCUT2D eigenvalue weighted by molar-refractivity contribution is 5.89. The Balaban J connectivity index is 2.59. The van der Waals surface area contributed by atoms with Crippen LogP contribution in [0.2, 0.25) is 0 Å². The summed E-state index contributed by atoms with van der Waals surface area (Å²) in [5.74, 6) is 0. The van der Waals surface area contributed by atoms with Crippen molar-refractivity contribution in [3.05, 3.63) is 11.9 Å². The molecule has 3 N–H and O–H groups in total. The average Bonchev–Trinajstić information content (AvgIpc) is 1.90. The fourth-order valence-corrected chi connectivity index (χ4v) is 0.646. The number of hydrogen-bond acceptors (Lipinski definition) is 3. The summed E-state index contributed by atoms with van der Waals surface area (Å²) in [7, 11) is 0. The van der Waals surface area contributed by atoms with E-state index in [9.17, 15) is 0 Å². The molecule has 3 heteroatoms. The van der Waals surface area contributed by atoms with Crippen LogP contribution in [-0.4, -0.2) is 18.8 Å². The van der Waals surface area contributed by atoms with Crippen molar-refractivity contribution in [1.82, 2.24) is 5.32 Å². The third-order valence-electron chi connectivity index (χ3n) is 1.25. The Morgan fingerprint density at radius 2 is 2.67 bits per heavy atom. The lowest BCUT2D eigenvalue weighted by Gasteiger charge is -2.10. The van der Waals surface area contributed by atoms with E-state index in [4.69, 9.17) is 5.73 Å². The van der Waals surface area contributed by atoms with Gasteiger partial charge in [-0.25, -0.2) is 0 Å². The number of allylic oxidation sites excluding steroid dienone is 1. The Morgan fingerprint density at radius 3 is 3.11 bits per heavy atom. The van der Waals surface area contributed by atoms with E-state index in [2.05, 4.69) is 10.3 Å². The van der Waals surface area contributed by atoms with Gasteiger partial charge in [-0.1, -0.05) is 0 Å². The fraction of sp³-hybridized carbons (Fsp3) is 0.500. The van der Waals surface area contributed by atoms with Crippen molar-refractivity contribution in [1.29, 1.82) is 0 Å². The van der Waals surface area contributed by atoms with Gasteiger partial charge in [0.1, 0.15) is 0 Å². The molecule has 1 heterocycles. The first-order valence-electron chi connectivity index (χ1n) is 2.99. The Bertz CT molecular complexity index is 158. The Hall–Kier alpha value is -0.830. The first-order chi connectivity index (χ1) is 4.33. The maximum atomic E-state index is 5.35. The van der Waals surface area contributed by atoms with E-state index in [0.717, 1.165) is 18.0 Å². The zero-order valence-corrected chi connectivity index (χ0v) is 5.52. The molecule has 0 aromatic carbocycles. The molecule has 0 radical (unpaired) electrons. The molecule has 9 heavy (non-hydrogen) atoms. The minimum Gasteiger partial charge on any atom is -0.382 e. The summed E-state index contributed by atoms with van der Waals surface area (Å²) in [5, 5.41) is 3.13. The first kappa shape index (κ1) is 6.29. The minimum absolute atomic E-state index is 0.552. The summed E-state index contributed by atoms with van der Waals surface area (Å²) >= 11 is 0. The van der Waals surface area contributed by atoms with Crippen LogP contribution in [0.1, 0.15) is 6.92 Å². The molecule has 50 valence electrons.